The van der Waals surface area contributed by atoms with Gasteiger partial charge in [-0.3, -0.25) is 9.10 Å². The lowest BCUT2D eigenvalue weighted by atomic mass is 10.2. The number of esters is 1. The largest absolute Gasteiger partial charge is 0.486 e. The van der Waals surface area contributed by atoms with E-state index in [4.69, 9.17) is 14.2 Å². The average molecular weight is 445 g/mol. The predicted molar refractivity (Wildman–Crippen MR) is 100 cm³/mol. The van der Waals surface area contributed by atoms with Crippen molar-refractivity contribution in [2.75, 3.05) is 30.7 Å². The highest BCUT2D eigenvalue weighted by molar-refractivity contribution is 7.92. The van der Waals surface area contributed by atoms with Crippen molar-refractivity contribution in [3.63, 3.8) is 0 Å². The Bertz CT molecular complexity index is 1040. The molecule has 0 aromatic heterocycles. The number of sulfonamides is 1. The van der Waals surface area contributed by atoms with Gasteiger partial charge in [0.1, 0.15) is 19.8 Å². The van der Waals surface area contributed by atoms with Gasteiger partial charge in [0.2, 0.25) is 0 Å². The van der Waals surface area contributed by atoms with E-state index in [1.165, 1.54) is 31.2 Å². The van der Waals surface area contributed by atoms with E-state index in [1.54, 1.807) is 0 Å². The van der Waals surface area contributed by atoms with Crippen LogP contribution >= 0.6 is 0 Å². The van der Waals surface area contributed by atoms with E-state index < -0.39 is 34.3 Å². The van der Waals surface area contributed by atoms with Gasteiger partial charge in [-0.2, -0.15) is 13.2 Å². The minimum atomic E-state index is -4.69. The zero-order chi connectivity index (χ0) is 21.9. The van der Waals surface area contributed by atoms with Gasteiger partial charge in [0.25, 0.3) is 10.0 Å². The summed E-state index contributed by atoms with van der Waals surface area (Å²) < 4.78 is 82.0. The summed E-state index contributed by atoms with van der Waals surface area (Å²) in [7, 11) is -4.43. The summed E-state index contributed by atoms with van der Waals surface area (Å²) in [6.07, 6.45) is -4.69. The van der Waals surface area contributed by atoms with Crippen molar-refractivity contribution in [3.05, 3.63) is 48.0 Å². The maximum Gasteiger partial charge on any atom is 0.416 e. The highest BCUT2D eigenvalue weighted by Gasteiger charge is 2.34. The van der Waals surface area contributed by atoms with Crippen LogP contribution in [0.4, 0.5) is 18.9 Å². The minimum Gasteiger partial charge on any atom is -0.486 e. The molecule has 0 fully saturated rings. The molecule has 11 heteroatoms. The Hall–Kier alpha value is -2.95. The van der Waals surface area contributed by atoms with E-state index in [0.29, 0.717) is 22.7 Å². The number of alkyl halides is 3. The van der Waals surface area contributed by atoms with Gasteiger partial charge in [-0.25, -0.2) is 8.42 Å². The molecule has 0 radical (unpaired) electrons. The quantitative estimate of drug-likeness (QED) is 0.635. The van der Waals surface area contributed by atoms with E-state index in [1.807, 2.05) is 0 Å². The number of halogens is 3. The molecule has 0 saturated carbocycles. The second-order valence-electron chi connectivity index (χ2n) is 6.17. The molecule has 0 bridgehead atoms. The fourth-order valence-electron chi connectivity index (χ4n) is 2.79. The number of anilines is 1. The Morgan fingerprint density at radius 3 is 2.47 bits per heavy atom. The summed E-state index contributed by atoms with van der Waals surface area (Å²) in [6.45, 7) is 1.24. The summed E-state index contributed by atoms with van der Waals surface area (Å²) in [5.74, 6) is -0.380. The third-order valence-electron chi connectivity index (χ3n) is 4.14. The van der Waals surface area contributed by atoms with Gasteiger partial charge in [0.15, 0.2) is 11.5 Å². The molecule has 1 heterocycles. The highest BCUT2D eigenvalue weighted by Crippen LogP contribution is 2.36. The van der Waals surface area contributed by atoms with Crippen LogP contribution in [-0.4, -0.2) is 40.8 Å². The molecule has 0 atom stereocenters. The van der Waals surface area contributed by atoms with E-state index >= 15 is 0 Å². The topological polar surface area (TPSA) is 82.1 Å². The average Bonchev–Trinajstić information content (AvgIpc) is 2.71. The van der Waals surface area contributed by atoms with Crippen LogP contribution in [0.1, 0.15) is 12.5 Å². The van der Waals surface area contributed by atoms with Gasteiger partial charge < -0.3 is 14.2 Å². The Kier molecular flexibility index (Phi) is 6.11. The molecule has 162 valence electrons. The molecule has 3 rings (SSSR count). The number of hydrogen-bond donors (Lipinski definition) is 0. The first-order valence-corrected chi connectivity index (χ1v) is 10.3. The first-order chi connectivity index (χ1) is 14.1. The smallest absolute Gasteiger partial charge is 0.416 e. The molecule has 0 saturated heterocycles. The van der Waals surface area contributed by atoms with Crippen molar-refractivity contribution >= 4 is 21.7 Å². The molecule has 2 aromatic carbocycles. The van der Waals surface area contributed by atoms with Gasteiger partial charge in [-0.1, -0.05) is 6.07 Å². The number of carbonyl (C=O) groups excluding carboxylic acids is 1. The number of ether oxygens (including phenoxy) is 3. The molecule has 0 unspecified atom stereocenters. The molecule has 0 spiro atoms. The van der Waals surface area contributed by atoms with Crippen molar-refractivity contribution in [2.45, 2.75) is 18.0 Å². The van der Waals surface area contributed by atoms with Gasteiger partial charge in [-0.05, 0) is 37.3 Å². The predicted octanol–water partition coefficient (Wildman–Crippen LogP) is 3.24. The van der Waals surface area contributed by atoms with Gasteiger partial charge in [0.05, 0.1) is 22.8 Å². The summed E-state index contributed by atoms with van der Waals surface area (Å²) in [5, 5.41) is 0. The Balaban J connectivity index is 2.06. The van der Waals surface area contributed by atoms with Crippen LogP contribution in [0.2, 0.25) is 0 Å². The first-order valence-electron chi connectivity index (χ1n) is 8.88. The number of nitrogens with zero attached hydrogens (tertiary/aromatic N) is 1. The third-order valence-corrected chi connectivity index (χ3v) is 5.91. The molecular weight excluding hydrogens is 427 g/mol. The number of rotatable bonds is 6. The van der Waals surface area contributed by atoms with E-state index in [2.05, 4.69) is 0 Å². The van der Waals surface area contributed by atoms with Crippen molar-refractivity contribution in [3.8, 4) is 11.5 Å². The zero-order valence-electron chi connectivity index (χ0n) is 15.8. The molecule has 0 aliphatic carbocycles. The van der Waals surface area contributed by atoms with Crippen LogP contribution < -0.4 is 13.8 Å². The fourth-order valence-corrected chi connectivity index (χ4v) is 4.20. The standard InChI is InChI=1S/C19H18F3NO6S/c1-2-27-18(24)12-23(14-5-3-4-13(10-14)19(20,21)22)30(25,26)15-6-7-16-17(11-15)29-9-8-28-16/h3-7,10-11H,2,8-9,12H2,1H3. The monoisotopic (exact) mass is 445 g/mol. The number of benzene rings is 2. The van der Waals surface area contributed by atoms with E-state index in [0.717, 1.165) is 12.1 Å². The summed E-state index contributed by atoms with van der Waals surface area (Å²) in [4.78, 5) is 11.8. The van der Waals surface area contributed by atoms with Crippen LogP contribution in [0.3, 0.4) is 0 Å². The van der Waals surface area contributed by atoms with E-state index in [9.17, 15) is 26.4 Å². The van der Waals surface area contributed by atoms with Crippen molar-refractivity contribution in [1.82, 2.24) is 0 Å². The fraction of sp³-hybridized carbons (Fsp3) is 0.316. The molecular formula is C19H18F3NO6S. The van der Waals surface area contributed by atoms with Crippen molar-refractivity contribution in [1.29, 1.82) is 0 Å². The zero-order valence-corrected chi connectivity index (χ0v) is 16.6. The van der Waals surface area contributed by atoms with Gasteiger partial charge >= 0.3 is 12.1 Å². The molecule has 30 heavy (non-hydrogen) atoms. The lowest BCUT2D eigenvalue weighted by Crippen LogP contribution is -2.36. The maximum atomic E-state index is 13.3. The van der Waals surface area contributed by atoms with Crippen molar-refractivity contribution < 1.29 is 40.6 Å². The summed E-state index contributed by atoms with van der Waals surface area (Å²) >= 11 is 0. The SMILES string of the molecule is CCOC(=O)CN(c1cccc(C(F)(F)F)c1)S(=O)(=O)c1ccc2c(c1)OCCO2. The molecule has 0 N–H and O–H groups in total. The Morgan fingerprint density at radius 1 is 1.10 bits per heavy atom. The minimum absolute atomic E-state index is 0.0145. The molecule has 0 amide bonds. The van der Waals surface area contributed by atoms with Gasteiger partial charge in [0, 0.05) is 6.07 Å². The lowest BCUT2D eigenvalue weighted by Gasteiger charge is -2.25. The maximum absolute atomic E-state index is 13.3. The summed E-state index contributed by atoms with van der Waals surface area (Å²) in [6, 6.07) is 7.53. The van der Waals surface area contributed by atoms with Crippen LogP contribution in [0.25, 0.3) is 0 Å². The van der Waals surface area contributed by atoms with Crippen molar-refractivity contribution in [2.24, 2.45) is 0 Å². The van der Waals surface area contributed by atoms with Crippen LogP contribution in [0.5, 0.6) is 11.5 Å². The molecule has 7 nitrogen and oxygen atoms in total. The Labute approximate surface area is 171 Å². The lowest BCUT2D eigenvalue weighted by molar-refractivity contribution is -0.141. The normalized spacial score (nSPS) is 13.6. The van der Waals surface area contributed by atoms with Crippen LogP contribution in [0, 0.1) is 0 Å². The molecule has 1 aliphatic rings. The van der Waals surface area contributed by atoms with Crippen LogP contribution in [-0.2, 0) is 25.7 Å². The van der Waals surface area contributed by atoms with Crippen LogP contribution in [0.15, 0.2) is 47.4 Å². The van der Waals surface area contributed by atoms with E-state index in [-0.39, 0.29) is 29.5 Å². The molecule has 2 aromatic rings. The number of carbonyl (C=O) groups is 1. The third kappa shape index (κ3) is 4.61. The highest BCUT2D eigenvalue weighted by atomic mass is 32.2. The first kappa shape index (κ1) is 21.8. The number of fused-ring (bicyclic) bond motifs is 1. The summed E-state index contributed by atoms with van der Waals surface area (Å²) in [5.41, 5.74) is -1.38. The van der Waals surface area contributed by atoms with Gasteiger partial charge in [-0.15, -0.1) is 0 Å². The molecule has 1 aliphatic heterocycles. The Morgan fingerprint density at radius 2 is 1.80 bits per heavy atom. The number of hydrogen-bond acceptors (Lipinski definition) is 6. The second-order valence-corrected chi connectivity index (χ2v) is 8.03. The second kappa shape index (κ2) is 8.42.